The van der Waals surface area contributed by atoms with E-state index < -0.39 is 6.10 Å². The summed E-state index contributed by atoms with van der Waals surface area (Å²) in [6.45, 7) is 0. The zero-order valence-corrected chi connectivity index (χ0v) is 10.6. The minimum atomic E-state index is -0.662. The number of carbonyl (C=O) groups excluding carboxylic acids is 1. The summed E-state index contributed by atoms with van der Waals surface area (Å²) in [5.74, 6) is -0.0203. The van der Waals surface area contributed by atoms with Crippen LogP contribution in [0, 0.1) is 5.92 Å². The number of ketones is 1. The third kappa shape index (κ3) is 1.78. The SMILES string of the molecule is CN1C2CCC1[C@H]([C@H](O)c1ccccc1)C(=O)C2. The highest BCUT2D eigenvalue weighted by molar-refractivity contribution is 5.84. The quantitative estimate of drug-likeness (QED) is 0.863. The second-order valence-corrected chi connectivity index (χ2v) is 5.52. The number of Topliss-reactive ketones (excluding diaryl/α,β-unsaturated/α-hetero) is 1. The molecule has 1 N–H and O–H groups in total. The summed E-state index contributed by atoms with van der Waals surface area (Å²) >= 11 is 0. The first-order valence-corrected chi connectivity index (χ1v) is 6.66. The maximum atomic E-state index is 12.2. The lowest BCUT2D eigenvalue weighted by Crippen LogP contribution is -2.49. The first-order valence-electron chi connectivity index (χ1n) is 6.66. The lowest BCUT2D eigenvalue weighted by Gasteiger charge is -2.38. The van der Waals surface area contributed by atoms with Crippen LogP contribution < -0.4 is 0 Å². The molecular weight excluding hydrogens is 226 g/mol. The van der Waals surface area contributed by atoms with Gasteiger partial charge in [-0.25, -0.2) is 0 Å². The van der Waals surface area contributed by atoms with Crippen molar-refractivity contribution in [2.45, 2.75) is 37.5 Å². The third-order valence-electron chi connectivity index (χ3n) is 4.60. The van der Waals surface area contributed by atoms with Crippen LogP contribution in [0.15, 0.2) is 30.3 Å². The van der Waals surface area contributed by atoms with Gasteiger partial charge in [0.1, 0.15) is 5.78 Å². The van der Waals surface area contributed by atoms with Gasteiger partial charge in [0.05, 0.1) is 12.0 Å². The average molecular weight is 245 g/mol. The first-order chi connectivity index (χ1) is 8.68. The molecule has 1 aromatic rings. The number of piperidine rings is 1. The van der Waals surface area contributed by atoms with E-state index in [9.17, 15) is 9.90 Å². The normalized spacial score (nSPS) is 33.7. The number of hydrogen-bond acceptors (Lipinski definition) is 3. The molecule has 2 saturated heterocycles. The number of fused-ring (bicyclic) bond motifs is 2. The molecule has 4 atom stereocenters. The Morgan fingerprint density at radius 2 is 2.00 bits per heavy atom. The molecule has 2 aliphatic heterocycles. The molecule has 2 fully saturated rings. The smallest absolute Gasteiger partial charge is 0.142 e. The summed E-state index contributed by atoms with van der Waals surface area (Å²) in [6.07, 6.45) is 2.05. The minimum Gasteiger partial charge on any atom is -0.388 e. The van der Waals surface area contributed by atoms with Crippen LogP contribution in [0.4, 0.5) is 0 Å². The molecule has 3 rings (SSSR count). The lowest BCUT2D eigenvalue weighted by atomic mass is 9.82. The summed E-state index contributed by atoms with van der Waals surface area (Å²) in [5.41, 5.74) is 0.856. The second-order valence-electron chi connectivity index (χ2n) is 5.52. The predicted octanol–water partition coefficient (Wildman–Crippen LogP) is 1.77. The maximum Gasteiger partial charge on any atom is 0.142 e. The van der Waals surface area contributed by atoms with Crippen molar-refractivity contribution in [2.75, 3.05) is 7.05 Å². The van der Waals surface area contributed by atoms with Gasteiger partial charge in [-0.05, 0) is 25.5 Å². The highest BCUT2D eigenvalue weighted by Gasteiger charge is 2.47. The van der Waals surface area contributed by atoms with Crippen LogP contribution in [0.3, 0.4) is 0 Å². The Balaban J connectivity index is 1.89. The van der Waals surface area contributed by atoms with Gasteiger partial charge in [-0.1, -0.05) is 30.3 Å². The summed E-state index contributed by atoms with van der Waals surface area (Å²) < 4.78 is 0. The van der Waals surface area contributed by atoms with Crippen LogP contribution in [-0.2, 0) is 4.79 Å². The van der Waals surface area contributed by atoms with E-state index in [2.05, 4.69) is 11.9 Å². The van der Waals surface area contributed by atoms with E-state index in [1.165, 1.54) is 0 Å². The fourth-order valence-electron chi connectivity index (χ4n) is 3.55. The van der Waals surface area contributed by atoms with Crippen LogP contribution >= 0.6 is 0 Å². The third-order valence-corrected chi connectivity index (χ3v) is 4.60. The van der Waals surface area contributed by atoms with Gasteiger partial charge in [0.2, 0.25) is 0 Å². The van der Waals surface area contributed by atoms with E-state index in [1.54, 1.807) is 0 Å². The van der Waals surface area contributed by atoms with Crippen molar-refractivity contribution in [2.24, 2.45) is 5.92 Å². The van der Waals surface area contributed by atoms with E-state index in [-0.39, 0.29) is 17.7 Å². The van der Waals surface area contributed by atoms with Gasteiger partial charge in [0.15, 0.2) is 0 Å². The van der Waals surface area contributed by atoms with Crippen molar-refractivity contribution in [3.8, 4) is 0 Å². The van der Waals surface area contributed by atoms with Crippen LogP contribution in [0.5, 0.6) is 0 Å². The maximum absolute atomic E-state index is 12.2. The highest BCUT2D eigenvalue weighted by atomic mass is 16.3. The van der Waals surface area contributed by atoms with Gasteiger partial charge < -0.3 is 5.11 Å². The second kappa shape index (κ2) is 4.48. The van der Waals surface area contributed by atoms with Crippen molar-refractivity contribution < 1.29 is 9.90 Å². The van der Waals surface area contributed by atoms with E-state index >= 15 is 0 Å². The Hall–Kier alpha value is -1.19. The summed E-state index contributed by atoms with van der Waals surface area (Å²) in [4.78, 5) is 14.5. The van der Waals surface area contributed by atoms with Gasteiger partial charge in [0.25, 0.3) is 0 Å². The van der Waals surface area contributed by atoms with Crippen LogP contribution in [0.1, 0.15) is 30.9 Å². The molecule has 2 unspecified atom stereocenters. The molecule has 0 spiro atoms. The van der Waals surface area contributed by atoms with Crippen molar-refractivity contribution in [1.82, 2.24) is 4.90 Å². The number of aliphatic hydroxyl groups is 1. The average Bonchev–Trinajstić information content (AvgIpc) is 2.63. The van der Waals surface area contributed by atoms with E-state index in [4.69, 9.17) is 0 Å². The van der Waals surface area contributed by atoms with Gasteiger partial charge in [0, 0.05) is 18.5 Å². The van der Waals surface area contributed by atoms with Gasteiger partial charge in [-0.2, -0.15) is 0 Å². The van der Waals surface area contributed by atoms with E-state index in [0.29, 0.717) is 12.5 Å². The lowest BCUT2D eigenvalue weighted by molar-refractivity contribution is -0.134. The van der Waals surface area contributed by atoms with Crippen LogP contribution in [-0.4, -0.2) is 34.9 Å². The predicted molar refractivity (Wildman–Crippen MR) is 69.1 cm³/mol. The minimum absolute atomic E-state index is 0.214. The van der Waals surface area contributed by atoms with Gasteiger partial charge in [-0.3, -0.25) is 9.69 Å². The Kier molecular flexibility index (Phi) is 2.96. The topological polar surface area (TPSA) is 40.5 Å². The molecule has 0 saturated carbocycles. The molecule has 0 aliphatic carbocycles. The Labute approximate surface area is 107 Å². The van der Waals surface area contributed by atoms with Crippen LogP contribution in [0.25, 0.3) is 0 Å². The summed E-state index contributed by atoms with van der Waals surface area (Å²) in [6, 6.07) is 10.2. The van der Waals surface area contributed by atoms with Crippen LogP contribution in [0.2, 0.25) is 0 Å². The number of hydrogen-bond donors (Lipinski definition) is 1. The molecule has 0 amide bonds. The number of benzene rings is 1. The molecule has 18 heavy (non-hydrogen) atoms. The number of aliphatic hydroxyl groups excluding tert-OH is 1. The van der Waals surface area contributed by atoms with Gasteiger partial charge in [-0.15, -0.1) is 0 Å². The van der Waals surface area contributed by atoms with Crippen molar-refractivity contribution in [3.63, 3.8) is 0 Å². The Morgan fingerprint density at radius 3 is 2.72 bits per heavy atom. The Morgan fingerprint density at radius 1 is 1.28 bits per heavy atom. The van der Waals surface area contributed by atoms with Crippen molar-refractivity contribution >= 4 is 5.78 Å². The molecule has 2 aliphatic rings. The molecule has 3 heteroatoms. The largest absolute Gasteiger partial charge is 0.388 e. The summed E-state index contributed by atoms with van der Waals surface area (Å²) in [7, 11) is 2.08. The molecule has 2 bridgehead atoms. The highest BCUT2D eigenvalue weighted by Crippen LogP contribution is 2.41. The molecule has 1 aromatic carbocycles. The molecule has 2 heterocycles. The van der Waals surface area contributed by atoms with E-state index in [1.807, 2.05) is 30.3 Å². The standard InChI is InChI=1S/C15H19NO2/c1-16-11-7-8-12(16)14(13(17)9-11)15(18)10-5-3-2-4-6-10/h2-6,11-12,14-15,18H,7-9H2,1H3/t11?,12?,14-,15+/m0/s1. The molecule has 3 nitrogen and oxygen atoms in total. The van der Waals surface area contributed by atoms with Crippen molar-refractivity contribution in [3.05, 3.63) is 35.9 Å². The number of carbonyl (C=O) groups is 1. The molecule has 0 radical (unpaired) electrons. The fourth-order valence-corrected chi connectivity index (χ4v) is 3.55. The fraction of sp³-hybridized carbons (Fsp3) is 0.533. The first kappa shape index (κ1) is 11.9. The zero-order valence-electron chi connectivity index (χ0n) is 10.6. The Bertz CT molecular complexity index is 445. The number of nitrogens with zero attached hydrogens (tertiary/aromatic N) is 1. The monoisotopic (exact) mass is 245 g/mol. The molecule has 96 valence electrons. The molecular formula is C15H19NO2. The number of rotatable bonds is 2. The van der Waals surface area contributed by atoms with Gasteiger partial charge >= 0.3 is 0 Å². The van der Waals surface area contributed by atoms with Crippen molar-refractivity contribution in [1.29, 1.82) is 0 Å². The zero-order chi connectivity index (χ0) is 12.7. The molecule has 0 aromatic heterocycles. The van der Waals surface area contributed by atoms with E-state index in [0.717, 1.165) is 18.4 Å². The summed E-state index contributed by atoms with van der Waals surface area (Å²) in [5, 5.41) is 10.5.